The average molecular weight is 201 g/mol. The van der Waals surface area contributed by atoms with Crippen molar-refractivity contribution in [3.05, 3.63) is 72.5 Å². The SMILES string of the molecule is C=C\C=C/C(=C\C)C(/C=C\C(=C)N)=C/C. The maximum Gasteiger partial charge on any atom is 0.0241 e. The zero-order chi connectivity index (χ0) is 11.7. The Kier molecular flexibility index (Phi) is 6.73. The van der Waals surface area contributed by atoms with Crippen molar-refractivity contribution in [2.45, 2.75) is 13.8 Å². The lowest BCUT2D eigenvalue weighted by atomic mass is 10.0. The van der Waals surface area contributed by atoms with E-state index in [1.165, 1.54) is 0 Å². The van der Waals surface area contributed by atoms with Gasteiger partial charge in [0.2, 0.25) is 0 Å². The first kappa shape index (κ1) is 13.2. The summed E-state index contributed by atoms with van der Waals surface area (Å²) >= 11 is 0. The fraction of sp³-hybridized carbons (Fsp3) is 0.143. The normalized spacial score (nSPS) is 13.7. The summed E-state index contributed by atoms with van der Waals surface area (Å²) in [4.78, 5) is 0. The van der Waals surface area contributed by atoms with Crippen LogP contribution in [0.1, 0.15) is 13.8 Å². The molecule has 0 spiro atoms. The van der Waals surface area contributed by atoms with Gasteiger partial charge in [-0.3, -0.25) is 0 Å². The molecule has 0 heterocycles. The van der Waals surface area contributed by atoms with Crippen LogP contribution in [0.25, 0.3) is 0 Å². The monoisotopic (exact) mass is 201 g/mol. The van der Waals surface area contributed by atoms with E-state index in [0.29, 0.717) is 5.70 Å². The molecule has 0 amide bonds. The third-order valence-corrected chi connectivity index (χ3v) is 1.84. The molecule has 15 heavy (non-hydrogen) atoms. The minimum atomic E-state index is 0.553. The lowest BCUT2D eigenvalue weighted by Crippen LogP contribution is -1.90. The van der Waals surface area contributed by atoms with Gasteiger partial charge in [-0.2, -0.15) is 0 Å². The van der Waals surface area contributed by atoms with Gasteiger partial charge in [0.15, 0.2) is 0 Å². The molecule has 2 N–H and O–H groups in total. The highest BCUT2D eigenvalue weighted by atomic mass is 14.5. The first-order chi connectivity index (χ1) is 7.15. The van der Waals surface area contributed by atoms with Gasteiger partial charge >= 0.3 is 0 Å². The fourth-order valence-corrected chi connectivity index (χ4v) is 1.09. The van der Waals surface area contributed by atoms with E-state index in [9.17, 15) is 0 Å². The lowest BCUT2D eigenvalue weighted by molar-refractivity contribution is 1.42. The maximum atomic E-state index is 5.48. The van der Waals surface area contributed by atoms with Crippen LogP contribution >= 0.6 is 0 Å². The van der Waals surface area contributed by atoms with Gasteiger partial charge in [-0.05, 0) is 31.1 Å². The Balaban J connectivity index is 4.88. The predicted molar refractivity (Wildman–Crippen MR) is 69.3 cm³/mol. The van der Waals surface area contributed by atoms with Crippen LogP contribution in [0.5, 0.6) is 0 Å². The number of hydrogen-bond acceptors (Lipinski definition) is 1. The fourth-order valence-electron chi connectivity index (χ4n) is 1.09. The molecule has 0 rings (SSSR count). The second kappa shape index (κ2) is 7.63. The molecule has 0 aliphatic carbocycles. The smallest absolute Gasteiger partial charge is 0.0241 e. The van der Waals surface area contributed by atoms with Crippen molar-refractivity contribution in [2.75, 3.05) is 0 Å². The van der Waals surface area contributed by atoms with Crippen molar-refractivity contribution >= 4 is 0 Å². The van der Waals surface area contributed by atoms with E-state index in [2.05, 4.69) is 13.2 Å². The highest BCUT2D eigenvalue weighted by Crippen LogP contribution is 2.13. The predicted octanol–water partition coefficient (Wildman–Crippen LogP) is 3.65. The maximum absolute atomic E-state index is 5.48. The largest absolute Gasteiger partial charge is 0.399 e. The Morgan fingerprint density at radius 1 is 1.00 bits per heavy atom. The number of rotatable bonds is 5. The van der Waals surface area contributed by atoms with Crippen molar-refractivity contribution < 1.29 is 0 Å². The highest BCUT2D eigenvalue weighted by molar-refractivity contribution is 5.47. The molecule has 0 unspecified atom stereocenters. The Hall–Kier alpha value is -1.76. The summed E-state index contributed by atoms with van der Waals surface area (Å²) in [6.45, 7) is 11.2. The first-order valence-corrected chi connectivity index (χ1v) is 4.90. The van der Waals surface area contributed by atoms with Crippen LogP contribution in [-0.4, -0.2) is 0 Å². The molecule has 1 heteroatoms. The van der Waals surface area contributed by atoms with Crippen LogP contribution < -0.4 is 5.73 Å². The molecule has 0 aliphatic rings. The third kappa shape index (κ3) is 5.53. The summed E-state index contributed by atoms with van der Waals surface area (Å²) in [6, 6.07) is 0. The number of hydrogen-bond donors (Lipinski definition) is 1. The van der Waals surface area contributed by atoms with Crippen LogP contribution in [-0.2, 0) is 0 Å². The Bertz CT molecular complexity index is 338. The minimum absolute atomic E-state index is 0.553. The molecule has 1 nitrogen and oxygen atoms in total. The molecule has 0 atom stereocenters. The second-order valence-corrected chi connectivity index (χ2v) is 2.99. The van der Waals surface area contributed by atoms with Crippen LogP contribution in [0.3, 0.4) is 0 Å². The summed E-state index contributed by atoms with van der Waals surface area (Å²) < 4.78 is 0. The minimum Gasteiger partial charge on any atom is -0.399 e. The quantitative estimate of drug-likeness (QED) is 0.675. The van der Waals surface area contributed by atoms with Gasteiger partial charge in [0, 0.05) is 5.70 Å². The van der Waals surface area contributed by atoms with E-state index in [-0.39, 0.29) is 0 Å². The van der Waals surface area contributed by atoms with Gasteiger partial charge in [-0.1, -0.05) is 49.6 Å². The topological polar surface area (TPSA) is 26.0 Å². The van der Waals surface area contributed by atoms with E-state index in [4.69, 9.17) is 5.73 Å². The average Bonchev–Trinajstić information content (AvgIpc) is 2.22. The summed E-state index contributed by atoms with van der Waals surface area (Å²) in [5.74, 6) is 0. The van der Waals surface area contributed by atoms with Crippen LogP contribution in [0.15, 0.2) is 72.5 Å². The third-order valence-electron chi connectivity index (χ3n) is 1.84. The van der Waals surface area contributed by atoms with Gasteiger partial charge < -0.3 is 5.73 Å². The first-order valence-electron chi connectivity index (χ1n) is 4.90. The number of nitrogens with two attached hydrogens (primary N) is 1. The van der Waals surface area contributed by atoms with Crippen molar-refractivity contribution in [1.82, 2.24) is 0 Å². The number of allylic oxidation sites excluding steroid dienone is 9. The molecule has 0 aromatic heterocycles. The summed E-state index contributed by atoms with van der Waals surface area (Å²) in [5.41, 5.74) is 8.28. The molecule has 0 fully saturated rings. The van der Waals surface area contributed by atoms with Crippen molar-refractivity contribution in [3.8, 4) is 0 Å². The second-order valence-electron chi connectivity index (χ2n) is 2.99. The van der Waals surface area contributed by atoms with Crippen molar-refractivity contribution in [2.24, 2.45) is 5.73 Å². The van der Waals surface area contributed by atoms with Crippen molar-refractivity contribution in [1.29, 1.82) is 0 Å². The van der Waals surface area contributed by atoms with Gasteiger partial charge in [0.1, 0.15) is 0 Å². The lowest BCUT2D eigenvalue weighted by Gasteiger charge is -2.02. The molecule has 80 valence electrons. The van der Waals surface area contributed by atoms with Crippen LogP contribution in [0.2, 0.25) is 0 Å². The van der Waals surface area contributed by atoms with E-state index >= 15 is 0 Å². The van der Waals surface area contributed by atoms with Gasteiger partial charge in [0.25, 0.3) is 0 Å². The molecule has 0 aromatic carbocycles. The Morgan fingerprint density at radius 3 is 1.93 bits per heavy atom. The Labute approximate surface area is 92.7 Å². The zero-order valence-electron chi connectivity index (χ0n) is 9.53. The molecule has 0 aliphatic heterocycles. The molecular weight excluding hydrogens is 182 g/mol. The van der Waals surface area contributed by atoms with Crippen LogP contribution in [0.4, 0.5) is 0 Å². The molecule has 0 bridgehead atoms. The van der Waals surface area contributed by atoms with Crippen molar-refractivity contribution in [3.63, 3.8) is 0 Å². The molecule has 0 saturated carbocycles. The van der Waals surface area contributed by atoms with E-state index in [1.807, 2.05) is 44.2 Å². The van der Waals surface area contributed by atoms with E-state index in [0.717, 1.165) is 11.1 Å². The van der Waals surface area contributed by atoms with Gasteiger partial charge in [0.05, 0.1) is 0 Å². The molecule has 0 saturated heterocycles. The van der Waals surface area contributed by atoms with E-state index in [1.54, 1.807) is 12.2 Å². The van der Waals surface area contributed by atoms with Gasteiger partial charge in [-0.15, -0.1) is 0 Å². The summed E-state index contributed by atoms with van der Waals surface area (Å²) in [7, 11) is 0. The summed E-state index contributed by atoms with van der Waals surface area (Å²) in [6.07, 6.45) is 13.5. The van der Waals surface area contributed by atoms with E-state index < -0.39 is 0 Å². The zero-order valence-corrected chi connectivity index (χ0v) is 9.53. The molecular formula is C14H19N. The van der Waals surface area contributed by atoms with Crippen LogP contribution in [0, 0.1) is 0 Å². The highest BCUT2D eigenvalue weighted by Gasteiger charge is 1.94. The summed E-state index contributed by atoms with van der Waals surface area (Å²) in [5, 5.41) is 0. The molecule has 0 radical (unpaired) electrons. The van der Waals surface area contributed by atoms with Gasteiger partial charge in [-0.25, -0.2) is 0 Å². The molecule has 0 aromatic rings. The standard InChI is InChI=1S/C14H19N/c1-5-8-9-13(6-2)14(7-3)11-10-12(4)15/h5-11H,1,4,15H2,2-3H3/b9-8-,11-10-,13-6+,14-7+. The Morgan fingerprint density at radius 2 is 1.53 bits per heavy atom.